The third-order valence-electron chi connectivity index (χ3n) is 5.88. The molecule has 2 atom stereocenters. The lowest BCUT2D eigenvalue weighted by Crippen LogP contribution is -2.52. The number of carbonyl (C=O) groups is 2. The number of rotatable bonds is 9. The monoisotopic (exact) mass is 459 g/mol. The number of nitrogens with zero attached hydrogens (tertiary/aromatic N) is 2. The molecule has 0 bridgehead atoms. The average Bonchev–Trinajstić information content (AvgIpc) is 3.29. The second kappa shape index (κ2) is 11.2. The summed E-state index contributed by atoms with van der Waals surface area (Å²) in [6, 6.07) is 9.11. The van der Waals surface area contributed by atoms with E-state index in [0.29, 0.717) is 25.4 Å². The molecule has 3 amide bonds. The van der Waals surface area contributed by atoms with Gasteiger partial charge in [0.15, 0.2) is 0 Å². The first kappa shape index (κ1) is 23.9. The van der Waals surface area contributed by atoms with Crippen LogP contribution in [-0.4, -0.2) is 61.1 Å². The summed E-state index contributed by atoms with van der Waals surface area (Å²) in [5, 5.41) is 4.90. The molecule has 8 heteroatoms. The number of hydrogen-bond donors (Lipinski definition) is 1. The Labute approximate surface area is 194 Å². The molecule has 1 aliphatic rings. The zero-order valence-corrected chi connectivity index (χ0v) is 20.1. The van der Waals surface area contributed by atoms with Crippen LogP contribution >= 0.6 is 11.3 Å². The first-order valence-electron chi connectivity index (χ1n) is 11.2. The lowest BCUT2D eigenvalue weighted by atomic mass is 10.00. The largest absolute Gasteiger partial charge is 0.497 e. The van der Waals surface area contributed by atoms with E-state index in [1.165, 1.54) is 4.88 Å². The predicted molar refractivity (Wildman–Crippen MR) is 126 cm³/mol. The summed E-state index contributed by atoms with van der Waals surface area (Å²) in [6.07, 6.45) is 1.60. The van der Waals surface area contributed by atoms with Crippen LogP contribution < -0.4 is 14.8 Å². The maximum Gasteiger partial charge on any atom is 0.318 e. The molecule has 0 saturated carbocycles. The van der Waals surface area contributed by atoms with E-state index in [4.69, 9.17) is 9.47 Å². The van der Waals surface area contributed by atoms with Crippen molar-refractivity contribution in [2.75, 3.05) is 33.4 Å². The summed E-state index contributed by atoms with van der Waals surface area (Å²) >= 11 is 1.72. The van der Waals surface area contributed by atoms with Crippen LogP contribution in [-0.2, 0) is 11.2 Å². The summed E-state index contributed by atoms with van der Waals surface area (Å²) in [7, 11) is 1.62. The van der Waals surface area contributed by atoms with Gasteiger partial charge in [-0.3, -0.25) is 4.79 Å². The van der Waals surface area contributed by atoms with Gasteiger partial charge in [0, 0.05) is 30.1 Å². The zero-order valence-electron chi connectivity index (χ0n) is 19.3. The van der Waals surface area contributed by atoms with E-state index in [1.807, 2.05) is 49.9 Å². The number of carbonyl (C=O) groups excluding carboxylic acids is 2. The highest BCUT2D eigenvalue weighted by atomic mass is 32.1. The highest BCUT2D eigenvalue weighted by molar-refractivity contribution is 7.10. The topological polar surface area (TPSA) is 71.1 Å². The molecule has 0 saturated heterocycles. The van der Waals surface area contributed by atoms with Crippen molar-refractivity contribution in [3.05, 3.63) is 46.2 Å². The molecule has 1 N–H and O–H groups in total. The second-order valence-corrected chi connectivity index (χ2v) is 8.86. The van der Waals surface area contributed by atoms with Crippen molar-refractivity contribution in [1.29, 1.82) is 0 Å². The van der Waals surface area contributed by atoms with Crippen LogP contribution in [0.3, 0.4) is 0 Å². The van der Waals surface area contributed by atoms with Gasteiger partial charge in [0.25, 0.3) is 0 Å². The van der Waals surface area contributed by atoms with Gasteiger partial charge in [0.1, 0.15) is 24.7 Å². The number of nitrogens with one attached hydrogen (secondary N) is 1. The van der Waals surface area contributed by atoms with Crippen molar-refractivity contribution in [2.24, 2.45) is 0 Å². The normalized spacial score (nSPS) is 16.1. The molecule has 1 aliphatic heterocycles. The molecule has 0 fully saturated rings. The molecule has 2 aromatic rings. The van der Waals surface area contributed by atoms with E-state index in [2.05, 4.69) is 16.8 Å². The van der Waals surface area contributed by atoms with Crippen LogP contribution in [0, 0.1) is 0 Å². The van der Waals surface area contributed by atoms with E-state index in [1.54, 1.807) is 23.3 Å². The van der Waals surface area contributed by atoms with Gasteiger partial charge in [0.05, 0.1) is 13.2 Å². The standard InChI is InChI=1S/C24H33N3O4S/c1-5-17(3)27(24(29)25-6-2)15-23(28)26-12-10-22-20(11-13-32-22)21(26)16-31-19-9-7-8-18(14-19)30-4/h7-9,11,13-14,17,21H,5-6,10,12,15-16H2,1-4H3,(H,25,29)/t17-,21-/m0/s1. The van der Waals surface area contributed by atoms with Crippen LogP contribution in [0.15, 0.2) is 35.7 Å². The molecule has 0 unspecified atom stereocenters. The Kier molecular flexibility index (Phi) is 8.39. The fourth-order valence-corrected chi connectivity index (χ4v) is 4.81. The lowest BCUT2D eigenvalue weighted by Gasteiger charge is -2.38. The Hall–Kier alpha value is -2.74. The van der Waals surface area contributed by atoms with Crippen LogP contribution in [0.5, 0.6) is 11.5 Å². The molecule has 2 heterocycles. The third kappa shape index (κ3) is 5.54. The maximum atomic E-state index is 13.4. The van der Waals surface area contributed by atoms with E-state index >= 15 is 0 Å². The SMILES string of the molecule is CCNC(=O)N(CC(=O)N1CCc2sccc2[C@@H]1COc1cccc(OC)c1)[C@@H](C)CC. The minimum absolute atomic E-state index is 0.0292. The van der Waals surface area contributed by atoms with Crippen molar-refractivity contribution in [2.45, 2.75) is 45.7 Å². The summed E-state index contributed by atoms with van der Waals surface area (Å²) in [6.45, 7) is 7.40. The number of urea groups is 1. The quantitative estimate of drug-likeness (QED) is 0.613. The molecule has 0 spiro atoms. The predicted octanol–water partition coefficient (Wildman–Crippen LogP) is 4.09. The highest BCUT2D eigenvalue weighted by Gasteiger charge is 2.34. The number of methoxy groups -OCH3 is 1. The van der Waals surface area contributed by atoms with Gasteiger partial charge in [-0.25, -0.2) is 4.79 Å². The summed E-state index contributed by atoms with van der Waals surface area (Å²) in [5.74, 6) is 1.36. The molecule has 32 heavy (non-hydrogen) atoms. The number of benzene rings is 1. The summed E-state index contributed by atoms with van der Waals surface area (Å²) in [5.41, 5.74) is 1.13. The molecule has 1 aromatic carbocycles. The van der Waals surface area contributed by atoms with Crippen LogP contribution in [0.1, 0.15) is 43.7 Å². The van der Waals surface area contributed by atoms with E-state index in [9.17, 15) is 9.59 Å². The molecule has 7 nitrogen and oxygen atoms in total. The van der Waals surface area contributed by atoms with Crippen molar-refractivity contribution in [3.63, 3.8) is 0 Å². The van der Waals surface area contributed by atoms with E-state index < -0.39 is 0 Å². The second-order valence-electron chi connectivity index (χ2n) is 7.86. The molecular weight excluding hydrogens is 426 g/mol. The number of fused-ring (bicyclic) bond motifs is 1. The van der Waals surface area contributed by atoms with Crippen molar-refractivity contribution in [1.82, 2.24) is 15.1 Å². The van der Waals surface area contributed by atoms with Gasteiger partial charge in [-0.05, 0) is 55.8 Å². The van der Waals surface area contributed by atoms with E-state index in [-0.39, 0.29) is 30.6 Å². The molecule has 3 rings (SSSR count). The van der Waals surface area contributed by atoms with Crippen LogP contribution in [0.4, 0.5) is 4.79 Å². The molecular formula is C24H33N3O4S. The van der Waals surface area contributed by atoms with Crippen molar-refractivity contribution >= 4 is 23.3 Å². The Morgan fingerprint density at radius 2 is 2.06 bits per heavy atom. The average molecular weight is 460 g/mol. The number of thiophene rings is 1. The van der Waals surface area contributed by atoms with Crippen molar-refractivity contribution in [3.8, 4) is 11.5 Å². The fourth-order valence-electron chi connectivity index (χ4n) is 3.88. The first-order valence-corrected chi connectivity index (χ1v) is 12.0. The Morgan fingerprint density at radius 3 is 2.78 bits per heavy atom. The molecule has 0 radical (unpaired) electrons. The number of hydrogen-bond acceptors (Lipinski definition) is 5. The minimum Gasteiger partial charge on any atom is -0.497 e. The summed E-state index contributed by atoms with van der Waals surface area (Å²) in [4.78, 5) is 30.8. The number of ether oxygens (including phenoxy) is 2. The van der Waals surface area contributed by atoms with Gasteiger partial charge in [-0.2, -0.15) is 0 Å². The number of amides is 3. The van der Waals surface area contributed by atoms with Gasteiger partial charge >= 0.3 is 6.03 Å². The minimum atomic E-state index is -0.201. The van der Waals surface area contributed by atoms with Crippen LogP contribution in [0.25, 0.3) is 0 Å². The van der Waals surface area contributed by atoms with Gasteiger partial charge in [-0.1, -0.05) is 13.0 Å². The smallest absolute Gasteiger partial charge is 0.318 e. The Morgan fingerprint density at radius 1 is 1.28 bits per heavy atom. The molecule has 174 valence electrons. The Balaban J connectivity index is 1.78. The highest BCUT2D eigenvalue weighted by Crippen LogP contribution is 2.34. The van der Waals surface area contributed by atoms with Crippen molar-refractivity contribution < 1.29 is 19.1 Å². The zero-order chi connectivity index (χ0) is 23.1. The fraction of sp³-hybridized carbons (Fsp3) is 0.500. The van der Waals surface area contributed by atoms with Crippen LogP contribution in [0.2, 0.25) is 0 Å². The lowest BCUT2D eigenvalue weighted by molar-refractivity contribution is -0.135. The Bertz CT molecular complexity index is 916. The third-order valence-corrected chi connectivity index (χ3v) is 6.88. The summed E-state index contributed by atoms with van der Waals surface area (Å²) < 4.78 is 11.4. The van der Waals surface area contributed by atoms with Gasteiger partial charge in [-0.15, -0.1) is 11.3 Å². The van der Waals surface area contributed by atoms with E-state index in [0.717, 1.165) is 24.2 Å². The molecule has 1 aromatic heterocycles. The first-order chi connectivity index (χ1) is 15.5. The van der Waals surface area contributed by atoms with Gasteiger partial charge in [0.2, 0.25) is 5.91 Å². The maximum absolute atomic E-state index is 13.4. The van der Waals surface area contributed by atoms with Gasteiger partial charge < -0.3 is 24.6 Å². The molecule has 0 aliphatic carbocycles.